The van der Waals surface area contributed by atoms with E-state index >= 15 is 0 Å². The SMILES string of the molecule is Cn1cc(C(O)C(O)CCl)cn1. The molecule has 4 nitrogen and oxygen atoms in total. The number of hydrogen-bond acceptors (Lipinski definition) is 3. The summed E-state index contributed by atoms with van der Waals surface area (Å²) in [5.74, 6) is 0.00998. The van der Waals surface area contributed by atoms with Crippen molar-refractivity contribution in [2.24, 2.45) is 7.05 Å². The highest BCUT2D eigenvalue weighted by Gasteiger charge is 2.18. The number of aryl methyl sites for hydroxylation is 1. The molecule has 0 saturated heterocycles. The van der Waals surface area contributed by atoms with Crippen LogP contribution in [0, 0.1) is 0 Å². The van der Waals surface area contributed by atoms with E-state index in [4.69, 9.17) is 11.6 Å². The Balaban J connectivity index is 2.70. The molecule has 0 fully saturated rings. The molecule has 0 bridgehead atoms. The Hall–Kier alpha value is -0.580. The summed E-state index contributed by atoms with van der Waals surface area (Å²) in [6.45, 7) is 0. The molecule has 0 radical (unpaired) electrons. The van der Waals surface area contributed by atoms with Crippen molar-refractivity contribution in [1.29, 1.82) is 0 Å². The fourth-order valence-corrected chi connectivity index (χ4v) is 1.07. The highest BCUT2D eigenvalue weighted by Crippen LogP contribution is 2.16. The quantitative estimate of drug-likeness (QED) is 0.663. The van der Waals surface area contributed by atoms with Crippen LogP contribution in [0.3, 0.4) is 0 Å². The summed E-state index contributed by atoms with van der Waals surface area (Å²) >= 11 is 5.37. The molecule has 2 unspecified atom stereocenters. The first kappa shape index (κ1) is 9.51. The summed E-state index contributed by atoms with van der Waals surface area (Å²) in [6.07, 6.45) is 1.26. The lowest BCUT2D eigenvalue weighted by Crippen LogP contribution is -2.19. The van der Waals surface area contributed by atoms with E-state index in [-0.39, 0.29) is 5.88 Å². The van der Waals surface area contributed by atoms with Crippen LogP contribution in [0.5, 0.6) is 0 Å². The molecule has 0 aliphatic carbocycles. The minimum absolute atomic E-state index is 0.00998. The van der Waals surface area contributed by atoms with Crippen LogP contribution in [0.15, 0.2) is 12.4 Å². The zero-order chi connectivity index (χ0) is 9.14. The molecule has 5 heteroatoms. The van der Waals surface area contributed by atoms with Gasteiger partial charge < -0.3 is 10.2 Å². The summed E-state index contributed by atoms with van der Waals surface area (Å²) < 4.78 is 1.56. The van der Waals surface area contributed by atoms with Gasteiger partial charge in [0, 0.05) is 18.8 Å². The molecule has 1 aromatic rings. The predicted molar refractivity (Wildman–Crippen MR) is 44.9 cm³/mol. The molecule has 0 aromatic carbocycles. The Kier molecular flexibility index (Phi) is 3.08. The van der Waals surface area contributed by atoms with Gasteiger partial charge in [-0.25, -0.2) is 0 Å². The predicted octanol–water partition coefficient (Wildman–Crippen LogP) is 0.0532. The van der Waals surface area contributed by atoms with Crippen LogP contribution >= 0.6 is 11.6 Å². The van der Waals surface area contributed by atoms with E-state index in [0.717, 1.165) is 0 Å². The minimum Gasteiger partial charge on any atom is -0.389 e. The first-order valence-electron chi connectivity index (χ1n) is 3.55. The number of aliphatic hydroxyl groups excluding tert-OH is 2. The number of aliphatic hydroxyl groups is 2. The zero-order valence-electron chi connectivity index (χ0n) is 6.68. The molecular weight excluding hydrogens is 180 g/mol. The van der Waals surface area contributed by atoms with Gasteiger partial charge in [-0.3, -0.25) is 4.68 Å². The Morgan fingerprint density at radius 1 is 1.67 bits per heavy atom. The van der Waals surface area contributed by atoms with Gasteiger partial charge in [0.05, 0.1) is 18.2 Å². The molecule has 0 saturated carbocycles. The molecule has 1 heterocycles. The normalized spacial score (nSPS) is 16.0. The van der Waals surface area contributed by atoms with E-state index in [1.165, 1.54) is 6.20 Å². The smallest absolute Gasteiger partial charge is 0.109 e. The summed E-state index contributed by atoms with van der Waals surface area (Å²) in [5, 5.41) is 22.4. The van der Waals surface area contributed by atoms with Crippen LogP contribution in [0.1, 0.15) is 11.7 Å². The summed E-state index contributed by atoms with van der Waals surface area (Å²) in [7, 11) is 1.74. The van der Waals surface area contributed by atoms with E-state index in [2.05, 4.69) is 5.10 Å². The summed E-state index contributed by atoms with van der Waals surface area (Å²) in [4.78, 5) is 0. The standard InChI is InChI=1S/C7H11ClN2O2/c1-10-4-5(3-9-10)7(12)6(11)2-8/h3-4,6-7,11-12H,2H2,1H3. The average molecular weight is 191 g/mol. The van der Waals surface area contributed by atoms with Crippen LogP contribution in [0.2, 0.25) is 0 Å². The fourth-order valence-electron chi connectivity index (χ4n) is 0.899. The third-order valence-electron chi connectivity index (χ3n) is 1.59. The fraction of sp³-hybridized carbons (Fsp3) is 0.571. The maximum atomic E-state index is 9.41. The van der Waals surface area contributed by atoms with Crippen molar-refractivity contribution in [2.75, 3.05) is 5.88 Å². The molecule has 0 aliphatic heterocycles. The summed E-state index contributed by atoms with van der Waals surface area (Å²) in [6, 6.07) is 0. The third-order valence-corrected chi connectivity index (χ3v) is 1.91. The monoisotopic (exact) mass is 190 g/mol. The van der Waals surface area contributed by atoms with Crippen LogP contribution in [-0.4, -0.2) is 32.0 Å². The lowest BCUT2D eigenvalue weighted by atomic mass is 10.1. The van der Waals surface area contributed by atoms with Gasteiger partial charge in [0.2, 0.25) is 0 Å². The Morgan fingerprint density at radius 3 is 2.75 bits per heavy atom. The van der Waals surface area contributed by atoms with Gasteiger partial charge in [-0.1, -0.05) is 0 Å². The minimum atomic E-state index is -0.948. The second-order valence-corrected chi connectivity index (χ2v) is 2.92. The van der Waals surface area contributed by atoms with E-state index in [9.17, 15) is 10.2 Å². The van der Waals surface area contributed by atoms with Crippen molar-refractivity contribution in [1.82, 2.24) is 9.78 Å². The van der Waals surface area contributed by atoms with Crippen molar-refractivity contribution in [2.45, 2.75) is 12.2 Å². The lowest BCUT2D eigenvalue weighted by molar-refractivity contribution is 0.0327. The number of hydrogen-bond donors (Lipinski definition) is 2. The molecule has 0 amide bonds. The van der Waals surface area contributed by atoms with Gasteiger partial charge in [-0.2, -0.15) is 5.10 Å². The van der Waals surface area contributed by atoms with E-state index in [0.29, 0.717) is 5.56 Å². The molecule has 68 valence electrons. The van der Waals surface area contributed by atoms with Crippen molar-refractivity contribution >= 4 is 11.6 Å². The Labute approximate surface area is 75.4 Å². The Bertz CT molecular complexity index is 251. The lowest BCUT2D eigenvalue weighted by Gasteiger charge is -2.12. The number of nitrogens with zero attached hydrogens (tertiary/aromatic N) is 2. The molecule has 0 aliphatic rings. The third kappa shape index (κ3) is 1.97. The molecular formula is C7H11ClN2O2. The molecule has 1 aromatic heterocycles. The van der Waals surface area contributed by atoms with Crippen LogP contribution in [0.4, 0.5) is 0 Å². The highest BCUT2D eigenvalue weighted by molar-refractivity contribution is 6.18. The maximum absolute atomic E-state index is 9.41. The van der Waals surface area contributed by atoms with Crippen molar-refractivity contribution in [3.8, 4) is 0 Å². The van der Waals surface area contributed by atoms with Crippen molar-refractivity contribution in [3.63, 3.8) is 0 Å². The number of halogens is 1. The first-order valence-corrected chi connectivity index (χ1v) is 4.09. The Morgan fingerprint density at radius 2 is 2.33 bits per heavy atom. The average Bonchev–Trinajstić information content (AvgIpc) is 2.49. The van der Waals surface area contributed by atoms with E-state index < -0.39 is 12.2 Å². The van der Waals surface area contributed by atoms with Gasteiger partial charge in [0.25, 0.3) is 0 Å². The van der Waals surface area contributed by atoms with Gasteiger partial charge in [-0.15, -0.1) is 11.6 Å². The van der Waals surface area contributed by atoms with Crippen LogP contribution < -0.4 is 0 Å². The largest absolute Gasteiger partial charge is 0.389 e. The number of rotatable bonds is 3. The van der Waals surface area contributed by atoms with E-state index in [1.807, 2.05) is 0 Å². The second-order valence-electron chi connectivity index (χ2n) is 2.61. The number of alkyl halides is 1. The first-order chi connectivity index (χ1) is 5.65. The molecule has 2 N–H and O–H groups in total. The molecule has 0 spiro atoms. The maximum Gasteiger partial charge on any atom is 0.109 e. The van der Waals surface area contributed by atoms with E-state index in [1.54, 1.807) is 17.9 Å². The van der Waals surface area contributed by atoms with Crippen LogP contribution in [-0.2, 0) is 7.05 Å². The summed E-state index contributed by atoms with van der Waals surface area (Å²) in [5.41, 5.74) is 0.575. The van der Waals surface area contributed by atoms with Crippen molar-refractivity contribution < 1.29 is 10.2 Å². The number of aromatic nitrogens is 2. The van der Waals surface area contributed by atoms with Gasteiger partial charge >= 0.3 is 0 Å². The highest BCUT2D eigenvalue weighted by atomic mass is 35.5. The second kappa shape index (κ2) is 3.89. The van der Waals surface area contributed by atoms with Gasteiger partial charge in [0.1, 0.15) is 6.10 Å². The van der Waals surface area contributed by atoms with Gasteiger partial charge in [0.15, 0.2) is 0 Å². The molecule has 2 atom stereocenters. The van der Waals surface area contributed by atoms with Gasteiger partial charge in [-0.05, 0) is 0 Å². The zero-order valence-corrected chi connectivity index (χ0v) is 7.44. The molecule has 12 heavy (non-hydrogen) atoms. The topological polar surface area (TPSA) is 58.3 Å². The van der Waals surface area contributed by atoms with Crippen LogP contribution in [0.25, 0.3) is 0 Å². The molecule has 1 rings (SSSR count). The van der Waals surface area contributed by atoms with Crippen molar-refractivity contribution in [3.05, 3.63) is 18.0 Å².